The average Bonchev–Trinajstić information content (AvgIpc) is 2.64. The van der Waals surface area contributed by atoms with Crippen molar-refractivity contribution >= 4 is 11.3 Å². The van der Waals surface area contributed by atoms with E-state index in [9.17, 15) is 0 Å². The van der Waals surface area contributed by atoms with Crippen LogP contribution in [0.25, 0.3) is 0 Å². The molecule has 0 aliphatic carbocycles. The Balaban J connectivity index is 2.17. The third-order valence-electron chi connectivity index (χ3n) is 3.42. The zero-order valence-corrected chi connectivity index (χ0v) is 11.8. The summed E-state index contributed by atoms with van der Waals surface area (Å²) in [5.41, 5.74) is 6.79. The van der Waals surface area contributed by atoms with Crippen molar-refractivity contribution in [2.75, 3.05) is 40.3 Å². The van der Waals surface area contributed by atoms with Gasteiger partial charge in [-0.25, -0.2) is 4.98 Å². The van der Waals surface area contributed by atoms with Gasteiger partial charge in [0, 0.05) is 24.5 Å². The molecule has 1 aromatic rings. The highest BCUT2D eigenvalue weighted by Gasteiger charge is 2.26. The summed E-state index contributed by atoms with van der Waals surface area (Å²) in [6.07, 6.45) is 0.954. The van der Waals surface area contributed by atoms with Gasteiger partial charge >= 0.3 is 0 Å². The number of thiazole rings is 1. The summed E-state index contributed by atoms with van der Waals surface area (Å²) < 4.78 is 0. The molecule has 0 bridgehead atoms. The molecule has 96 valence electrons. The Labute approximate surface area is 107 Å². The molecule has 1 aliphatic heterocycles. The molecule has 0 saturated carbocycles. The molecule has 17 heavy (non-hydrogen) atoms. The fourth-order valence-electron chi connectivity index (χ4n) is 2.23. The summed E-state index contributed by atoms with van der Waals surface area (Å²) in [4.78, 5) is 10.9. The summed E-state index contributed by atoms with van der Waals surface area (Å²) in [5.74, 6) is 0. The van der Waals surface area contributed by atoms with Gasteiger partial charge in [-0.15, -0.1) is 11.3 Å². The third kappa shape index (κ3) is 2.85. The second-order valence-electron chi connectivity index (χ2n) is 4.86. The first-order chi connectivity index (χ1) is 8.11. The van der Waals surface area contributed by atoms with E-state index in [1.165, 1.54) is 9.88 Å². The van der Waals surface area contributed by atoms with Crippen molar-refractivity contribution in [3.8, 4) is 0 Å². The normalized spacial score (nSPS) is 23.2. The summed E-state index contributed by atoms with van der Waals surface area (Å²) in [6, 6.07) is 0.448. The molecule has 1 aromatic heterocycles. The maximum Gasteiger partial charge on any atom is 0.112 e. The van der Waals surface area contributed by atoms with Gasteiger partial charge in [0.15, 0.2) is 0 Å². The summed E-state index contributed by atoms with van der Waals surface area (Å²) >= 11 is 1.84. The zero-order valence-electron chi connectivity index (χ0n) is 10.9. The Morgan fingerprint density at radius 3 is 2.88 bits per heavy atom. The molecule has 1 fully saturated rings. The Morgan fingerprint density at radius 1 is 1.41 bits per heavy atom. The quantitative estimate of drug-likeness (QED) is 0.869. The number of aromatic nitrogens is 1. The number of hydrogen-bond donors (Lipinski definition) is 1. The van der Waals surface area contributed by atoms with E-state index in [0.717, 1.165) is 31.7 Å². The number of nitrogens with zero attached hydrogens (tertiary/aromatic N) is 3. The summed E-state index contributed by atoms with van der Waals surface area (Å²) in [7, 11) is 4.37. The maximum absolute atomic E-state index is 5.63. The van der Waals surface area contributed by atoms with E-state index in [1.54, 1.807) is 0 Å². The molecule has 0 spiro atoms. The van der Waals surface area contributed by atoms with E-state index in [-0.39, 0.29) is 0 Å². The van der Waals surface area contributed by atoms with Crippen molar-refractivity contribution < 1.29 is 0 Å². The first kappa shape index (κ1) is 13.0. The van der Waals surface area contributed by atoms with Gasteiger partial charge in [-0.1, -0.05) is 0 Å². The fraction of sp³-hybridized carbons (Fsp3) is 0.750. The van der Waals surface area contributed by atoms with Gasteiger partial charge in [0.25, 0.3) is 0 Å². The highest BCUT2D eigenvalue weighted by atomic mass is 32.1. The van der Waals surface area contributed by atoms with Crippen LogP contribution in [0.3, 0.4) is 0 Å². The van der Waals surface area contributed by atoms with Crippen molar-refractivity contribution in [3.63, 3.8) is 0 Å². The van der Waals surface area contributed by atoms with Crippen LogP contribution in [0.1, 0.15) is 21.6 Å². The molecule has 1 unspecified atom stereocenters. The van der Waals surface area contributed by atoms with Crippen molar-refractivity contribution in [2.45, 2.75) is 19.4 Å². The van der Waals surface area contributed by atoms with Gasteiger partial charge in [0.2, 0.25) is 0 Å². The number of rotatable bonds is 3. The number of hydrogen-bond acceptors (Lipinski definition) is 5. The molecule has 0 aromatic carbocycles. The molecule has 4 nitrogen and oxygen atoms in total. The first-order valence-corrected chi connectivity index (χ1v) is 6.98. The molecule has 0 radical (unpaired) electrons. The van der Waals surface area contributed by atoms with Crippen LogP contribution in [0.4, 0.5) is 0 Å². The Kier molecular flexibility index (Phi) is 4.14. The van der Waals surface area contributed by atoms with Crippen LogP contribution in [0.2, 0.25) is 0 Å². The van der Waals surface area contributed by atoms with Gasteiger partial charge in [-0.05, 0) is 34.0 Å². The minimum absolute atomic E-state index is 0.448. The van der Waals surface area contributed by atoms with Gasteiger partial charge in [-0.3, -0.25) is 4.90 Å². The highest BCUT2D eigenvalue weighted by Crippen LogP contribution is 2.29. The van der Waals surface area contributed by atoms with Crippen molar-refractivity contribution in [3.05, 3.63) is 15.6 Å². The lowest BCUT2D eigenvalue weighted by Crippen LogP contribution is -2.44. The van der Waals surface area contributed by atoms with Crippen molar-refractivity contribution in [1.82, 2.24) is 14.8 Å². The Morgan fingerprint density at radius 2 is 2.18 bits per heavy atom. The molecule has 1 atom stereocenters. The lowest BCUT2D eigenvalue weighted by molar-refractivity contribution is 0.115. The number of nitrogens with two attached hydrogens (primary N) is 1. The first-order valence-electron chi connectivity index (χ1n) is 6.17. The van der Waals surface area contributed by atoms with Gasteiger partial charge < -0.3 is 10.6 Å². The van der Waals surface area contributed by atoms with Gasteiger partial charge in [0.05, 0.1) is 11.7 Å². The van der Waals surface area contributed by atoms with Crippen LogP contribution in [0, 0.1) is 6.92 Å². The summed E-state index contributed by atoms with van der Waals surface area (Å²) in [6.45, 7) is 6.14. The smallest absolute Gasteiger partial charge is 0.112 e. The van der Waals surface area contributed by atoms with E-state index in [4.69, 9.17) is 10.7 Å². The molecule has 1 aliphatic rings. The number of aryl methyl sites for hydroxylation is 1. The minimum atomic E-state index is 0.448. The molecular weight excluding hydrogens is 232 g/mol. The standard InChI is InChI=1S/C12H22N4S/c1-9-11(4-5-13)17-12(14-9)10-8-15(2)6-7-16(10)3/h10H,4-8,13H2,1-3H3. The monoisotopic (exact) mass is 254 g/mol. The highest BCUT2D eigenvalue weighted by molar-refractivity contribution is 7.11. The molecule has 1 saturated heterocycles. The predicted molar refractivity (Wildman–Crippen MR) is 72.5 cm³/mol. The van der Waals surface area contributed by atoms with Crippen molar-refractivity contribution in [1.29, 1.82) is 0 Å². The Hall–Kier alpha value is -0.490. The minimum Gasteiger partial charge on any atom is -0.330 e. The van der Waals surface area contributed by atoms with Crippen molar-refractivity contribution in [2.24, 2.45) is 5.73 Å². The van der Waals surface area contributed by atoms with Crippen LogP contribution < -0.4 is 5.73 Å². The SMILES string of the molecule is Cc1nc(C2CN(C)CCN2C)sc1CCN. The van der Waals surface area contributed by atoms with Crippen LogP contribution in [-0.4, -0.2) is 55.1 Å². The van der Waals surface area contributed by atoms with E-state index in [2.05, 4.69) is 30.8 Å². The second kappa shape index (κ2) is 5.44. The average molecular weight is 254 g/mol. The number of piperazine rings is 1. The summed E-state index contributed by atoms with van der Waals surface area (Å²) in [5, 5.41) is 1.25. The van der Waals surface area contributed by atoms with Crippen LogP contribution in [0.15, 0.2) is 0 Å². The van der Waals surface area contributed by atoms with E-state index < -0.39 is 0 Å². The molecule has 5 heteroatoms. The Bertz CT molecular complexity index is 377. The topological polar surface area (TPSA) is 45.4 Å². The molecule has 2 N–H and O–H groups in total. The largest absolute Gasteiger partial charge is 0.330 e. The zero-order chi connectivity index (χ0) is 12.4. The molecule has 0 amide bonds. The molecular formula is C12H22N4S. The lowest BCUT2D eigenvalue weighted by atomic mass is 10.2. The molecule has 2 rings (SSSR count). The third-order valence-corrected chi connectivity index (χ3v) is 4.74. The van der Waals surface area contributed by atoms with Crippen LogP contribution in [0.5, 0.6) is 0 Å². The van der Waals surface area contributed by atoms with Gasteiger partial charge in [0.1, 0.15) is 5.01 Å². The maximum atomic E-state index is 5.63. The van der Waals surface area contributed by atoms with Crippen LogP contribution >= 0.6 is 11.3 Å². The molecule has 2 heterocycles. The lowest BCUT2D eigenvalue weighted by Gasteiger charge is -2.36. The number of likely N-dealkylation sites (N-methyl/N-ethyl adjacent to an activating group) is 2. The van der Waals surface area contributed by atoms with E-state index in [1.807, 2.05) is 11.3 Å². The van der Waals surface area contributed by atoms with Gasteiger partial charge in [-0.2, -0.15) is 0 Å². The van der Waals surface area contributed by atoms with E-state index >= 15 is 0 Å². The fourth-order valence-corrected chi connectivity index (χ4v) is 3.47. The second-order valence-corrected chi connectivity index (χ2v) is 5.97. The van der Waals surface area contributed by atoms with Crippen LogP contribution in [-0.2, 0) is 6.42 Å². The predicted octanol–water partition coefficient (Wildman–Crippen LogP) is 0.871. The van der Waals surface area contributed by atoms with E-state index in [0.29, 0.717) is 12.6 Å².